The van der Waals surface area contributed by atoms with Crippen molar-refractivity contribution in [1.82, 2.24) is 0 Å². The lowest BCUT2D eigenvalue weighted by Gasteiger charge is -2.19. The molecule has 0 rings (SSSR count). The number of phosphoric ester groups is 3. The third-order valence-corrected chi connectivity index (χ3v) is 5.85. The van der Waals surface area contributed by atoms with E-state index in [1.165, 1.54) is 0 Å². The van der Waals surface area contributed by atoms with Crippen LogP contribution in [0.15, 0.2) is 0 Å². The van der Waals surface area contributed by atoms with Gasteiger partial charge in [0, 0.05) is 0 Å². The molecular formula is C12H29O18P3. The molecule has 6 unspecified atom stereocenters. The van der Waals surface area contributed by atoms with E-state index in [1.54, 1.807) is 0 Å². The van der Waals surface area contributed by atoms with Crippen LogP contribution in [0.5, 0.6) is 0 Å². The lowest BCUT2D eigenvalue weighted by Crippen LogP contribution is -2.24. The lowest BCUT2D eigenvalue weighted by molar-refractivity contribution is 0.00308. The zero-order valence-electron chi connectivity index (χ0n) is 17.0. The topological polar surface area (TPSA) is 289 Å². The molecule has 0 heterocycles. The van der Waals surface area contributed by atoms with Crippen molar-refractivity contribution in [3.05, 3.63) is 0 Å². The van der Waals surface area contributed by atoms with Crippen LogP contribution in [-0.4, -0.2) is 123 Å². The lowest BCUT2D eigenvalue weighted by atomic mass is 10.4. The van der Waals surface area contributed by atoms with Crippen molar-refractivity contribution >= 4 is 23.5 Å². The van der Waals surface area contributed by atoms with Crippen molar-refractivity contribution < 1.29 is 86.2 Å². The molecule has 0 bridgehead atoms. The molecule has 9 N–H and O–H groups in total. The average molecular weight is 554 g/mol. The molecule has 0 fully saturated rings. The van der Waals surface area contributed by atoms with Gasteiger partial charge in [-0.3, -0.25) is 27.1 Å². The summed E-state index contributed by atoms with van der Waals surface area (Å²) in [7, 11) is -14.3. The van der Waals surface area contributed by atoms with Crippen LogP contribution in [0.25, 0.3) is 0 Å². The maximum Gasteiger partial charge on any atom is 0.472 e. The second-order valence-electron chi connectivity index (χ2n) is 6.16. The zero-order valence-corrected chi connectivity index (χ0v) is 19.7. The zero-order chi connectivity index (χ0) is 25.7. The summed E-state index contributed by atoms with van der Waals surface area (Å²) in [5.41, 5.74) is 0. The molecular weight excluding hydrogens is 525 g/mol. The third-order valence-electron chi connectivity index (χ3n) is 3.00. The summed E-state index contributed by atoms with van der Waals surface area (Å²) in [5, 5.41) is 54.3. The Morgan fingerprint density at radius 3 is 0.818 bits per heavy atom. The first-order chi connectivity index (χ1) is 15.1. The van der Waals surface area contributed by atoms with Gasteiger partial charge in [0.25, 0.3) is 0 Å². The molecule has 6 atom stereocenters. The average Bonchev–Trinajstić information content (AvgIpc) is 2.75. The monoisotopic (exact) mass is 554 g/mol. The summed E-state index contributed by atoms with van der Waals surface area (Å²) in [4.78, 5) is 28.0. The minimum Gasteiger partial charge on any atom is -0.394 e. The predicted octanol–water partition coefficient (Wildman–Crippen LogP) is -3.18. The van der Waals surface area contributed by atoms with Crippen molar-refractivity contribution in [3.8, 4) is 0 Å². The van der Waals surface area contributed by atoms with E-state index in [1.807, 2.05) is 0 Å². The van der Waals surface area contributed by atoms with E-state index < -0.39 is 101 Å². The summed E-state index contributed by atoms with van der Waals surface area (Å²) in [6.45, 7) is -6.67. The SMILES string of the molecule is O=P(O)(OCC(O)CO)OCC(O)COP(=O)(O)OCC(O)COP(=O)(O)OCC(O)CO. The van der Waals surface area contributed by atoms with Gasteiger partial charge in [-0.2, -0.15) is 0 Å². The number of rotatable bonds is 20. The molecule has 0 aromatic heterocycles. The molecule has 0 aliphatic rings. The maximum absolute atomic E-state index is 11.7. The Hall–Kier alpha value is 0.0900. The fraction of sp³-hybridized carbons (Fsp3) is 1.00. The molecule has 18 nitrogen and oxygen atoms in total. The number of aliphatic hydroxyl groups is 6. The Morgan fingerprint density at radius 1 is 0.455 bits per heavy atom. The second-order valence-corrected chi connectivity index (χ2v) is 10.5. The van der Waals surface area contributed by atoms with Crippen LogP contribution in [-0.2, 0) is 40.8 Å². The standard InChI is InChI=1S/C12H29O18P3/c13-1-9(15)3-25-31(19,20)27-5-11(17)7-29-33(23,24)30-8-12(18)6-28-32(21,22)26-4-10(16)2-14/h9-18H,1-8H2,(H,19,20)(H,21,22)(H,23,24). The molecule has 200 valence electrons. The number of aliphatic hydroxyl groups excluding tert-OH is 6. The van der Waals surface area contributed by atoms with Gasteiger partial charge in [0.1, 0.15) is 24.4 Å². The molecule has 0 aromatic rings. The number of hydrogen-bond acceptors (Lipinski definition) is 15. The van der Waals surface area contributed by atoms with Crippen LogP contribution < -0.4 is 0 Å². The first kappa shape index (κ1) is 33.1. The van der Waals surface area contributed by atoms with E-state index >= 15 is 0 Å². The van der Waals surface area contributed by atoms with Gasteiger partial charge in [0.05, 0.1) is 52.9 Å². The molecule has 0 amide bonds. The van der Waals surface area contributed by atoms with E-state index in [0.29, 0.717) is 0 Å². The second kappa shape index (κ2) is 16.0. The van der Waals surface area contributed by atoms with E-state index in [2.05, 4.69) is 27.1 Å². The Bertz CT molecular complexity index is 624. The molecule has 0 aromatic carbocycles. The van der Waals surface area contributed by atoms with Crippen LogP contribution in [0.1, 0.15) is 0 Å². The highest BCUT2D eigenvalue weighted by molar-refractivity contribution is 7.47. The molecule has 33 heavy (non-hydrogen) atoms. The Morgan fingerprint density at radius 2 is 0.636 bits per heavy atom. The van der Waals surface area contributed by atoms with Gasteiger partial charge in [-0.1, -0.05) is 0 Å². The first-order valence-corrected chi connectivity index (χ1v) is 13.4. The largest absolute Gasteiger partial charge is 0.472 e. The van der Waals surface area contributed by atoms with Gasteiger partial charge >= 0.3 is 23.5 Å². The Labute approximate surface area is 187 Å². The van der Waals surface area contributed by atoms with Crippen molar-refractivity contribution in [2.75, 3.05) is 52.9 Å². The van der Waals surface area contributed by atoms with Gasteiger partial charge < -0.3 is 45.3 Å². The summed E-state index contributed by atoms with van der Waals surface area (Å²) in [6.07, 6.45) is -6.34. The Kier molecular flexibility index (Phi) is 16.0. The minimum atomic E-state index is -4.87. The van der Waals surface area contributed by atoms with Crippen molar-refractivity contribution in [1.29, 1.82) is 0 Å². The molecule has 0 saturated heterocycles. The molecule has 0 saturated carbocycles. The number of phosphoric acid groups is 3. The van der Waals surface area contributed by atoms with Gasteiger partial charge in [0.15, 0.2) is 0 Å². The highest BCUT2D eigenvalue weighted by Gasteiger charge is 2.29. The van der Waals surface area contributed by atoms with Crippen molar-refractivity contribution in [3.63, 3.8) is 0 Å². The van der Waals surface area contributed by atoms with Gasteiger partial charge in [-0.15, -0.1) is 0 Å². The van der Waals surface area contributed by atoms with Crippen LogP contribution in [0, 0.1) is 0 Å². The fourth-order valence-electron chi connectivity index (χ4n) is 1.39. The fourth-order valence-corrected chi connectivity index (χ4v) is 3.78. The highest BCUT2D eigenvalue weighted by atomic mass is 31.2. The molecule has 0 spiro atoms. The molecule has 0 radical (unpaired) electrons. The van der Waals surface area contributed by atoms with E-state index in [4.69, 9.17) is 20.4 Å². The number of hydrogen-bond donors (Lipinski definition) is 9. The van der Waals surface area contributed by atoms with Crippen LogP contribution >= 0.6 is 23.5 Å². The summed E-state index contributed by atoms with van der Waals surface area (Å²) >= 11 is 0. The van der Waals surface area contributed by atoms with Gasteiger partial charge in [-0.05, 0) is 0 Å². The van der Waals surface area contributed by atoms with E-state index in [9.17, 15) is 38.6 Å². The smallest absolute Gasteiger partial charge is 0.394 e. The van der Waals surface area contributed by atoms with E-state index in [0.717, 1.165) is 0 Å². The predicted molar refractivity (Wildman–Crippen MR) is 103 cm³/mol. The highest BCUT2D eigenvalue weighted by Crippen LogP contribution is 2.46. The summed E-state index contributed by atoms with van der Waals surface area (Å²) in [6, 6.07) is 0. The van der Waals surface area contributed by atoms with Crippen LogP contribution in [0.2, 0.25) is 0 Å². The van der Waals surface area contributed by atoms with Crippen LogP contribution in [0.3, 0.4) is 0 Å². The molecule has 0 aliphatic carbocycles. The maximum atomic E-state index is 11.7. The Balaban J connectivity index is 4.25. The van der Waals surface area contributed by atoms with Crippen molar-refractivity contribution in [2.24, 2.45) is 0 Å². The van der Waals surface area contributed by atoms with Gasteiger partial charge in [0.2, 0.25) is 0 Å². The quantitative estimate of drug-likeness (QED) is 0.0670. The minimum absolute atomic E-state index is 0.745. The summed E-state index contributed by atoms with van der Waals surface area (Å²) < 4.78 is 60.7. The van der Waals surface area contributed by atoms with Crippen LogP contribution in [0.4, 0.5) is 0 Å². The van der Waals surface area contributed by atoms with Gasteiger partial charge in [-0.25, -0.2) is 13.7 Å². The molecule has 0 aliphatic heterocycles. The normalized spacial score (nSPS) is 21.4. The third kappa shape index (κ3) is 18.1. The van der Waals surface area contributed by atoms with E-state index in [-0.39, 0.29) is 0 Å². The van der Waals surface area contributed by atoms with Crippen molar-refractivity contribution in [2.45, 2.75) is 24.4 Å². The first-order valence-electron chi connectivity index (χ1n) is 8.91. The molecule has 21 heteroatoms. The summed E-state index contributed by atoms with van der Waals surface area (Å²) in [5.74, 6) is 0.